The highest BCUT2D eigenvalue weighted by Gasteiger charge is 2.34. The fraction of sp³-hybridized carbons (Fsp3) is 0.433. The van der Waals surface area contributed by atoms with E-state index in [1.807, 2.05) is 79.8 Å². The summed E-state index contributed by atoms with van der Waals surface area (Å²) in [5.41, 5.74) is 2.12. The van der Waals surface area contributed by atoms with Crippen molar-refractivity contribution < 1.29 is 14.3 Å². The number of fused-ring (bicyclic) bond motifs is 1. The zero-order valence-electron chi connectivity index (χ0n) is 23.9. The van der Waals surface area contributed by atoms with Gasteiger partial charge in [0, 0.05) is 57.4 Å². The fourth-order valence-electron chi connectivity index (χ4n) is 4.99. The van der Waals surface area contributed by atoms with E-state index in [-0.39, 0.29) is 12.0 Å². The van der Waals surface area contributed by atoms with E-state index in [4.69, 9.17) is 24.4 Å². The zero-order chi connectivity index (χ0) is 28.6. The number of aryl methyl sites for hydroxylation is 1. The largest absolute Gasteiger partial charge is 0.444 e. The van der Waals surface area contributed by atoms with Crippen LogP contribution in [0.2, 0.25) is 0 Å². The minimum Gasteiger partial charge on any atom is -0.444 e. The summed E-state index contributed by atoms with van der Waals surface area (Å²) >= 11 is 0. The topological polar surface area (TPSA) is 103 Å². The van der Waals surface area contributed by atoms with E-state index in [9.17, 15) is 4.79 Å². The Kier molecular flexibility index (Phi) is 7.09. The van der Waals surface area contributed by atoms with Crippen molar-refractivity contribution in [3.05, 3.63) is 54.4 Å². The van der Waals surface area contributed by atoms with Gasteiger partial charge in [0.2, 0.25) is 5.82 Å². The predicted molar refractivity (Wildman–Crippen MR) is 154 cm³/mol. The van der Waals surface area contributed by atoms with Gasteiger partial charge < -0.3 is 23.8 Å². The standard InChI is InChI=1S/C30H34N8O3/c1-30(2,3)41-29(39)37-17-21(18-37)19-38-28-23(16-31-38)27(36-12-14-40-15-13-36)33-25(34-28)10-11-26-32-24(20-35(26)4)22-8-6-5-7-9-22/h5-9,16,20-21H,12-15,17-19H2,1-4H3. The summed E-state index contributed by atoms with van der Waals surface area (Å²) in [6, 6.07) is 10.0. The van der Waals surface area contributed by atoms with Gasteiger partial charge in [-0.05, 0) is 32.6 Å². The van der Waals surface area contributed by atoms with E-state index in [1.165, 1.54) is 0 Å². The summed E-state index contributed by atoms with van der Waals surface area (Å²) in [6.45, 7) is 10.2. The number of anilines is 1. The number of aromatic nitrogens is 6. The van der Waals surface area contributed by atoms with Crippen molar-refractivity contribution in [2.45, 2.75) is 32.9 Å². The normalized spacial score (nSPS) is 15.9. The number of carbonyl (C=O) groups excluding carboxylic acids is 1. The molecule has 5 heterocycles. The molecule has 0 unspecified atom stereocenters. The second-order valence-corrected chi connectivity index (χ2v) is 11.5. The molecule has 2 aliphatic rings. The van der Waals surface area contributed by atoms with Gasteiger partial charge >= 0.3 is 6.09 Å². The number of nitrogens with zero attached hydrogens (tertiary/aromatic N) is 8. The van der Waals surface area contributed by atoms with E-state index < -0.39 is 5.60 Å². The maximum atomic E-state index is 12.4. The van der Waals surface area contributed by atoms with Crippen molar-refractivity contribution in [3.8, 4) is 23.1 Å². The lowest BCUT2D eigenvalue weighted by atomic mass is 10.0. The van der Waals surface area contributed by atoms with Crippen LogP contribution in [0.4, 0.5) is 10.6 Å². The number of rotatable bonds is 4. The second-order valence-electron chi connectivity index (χ2n) is 11.5. The molecular weight excluding hydrogens is 520 g/mol. The monoisotopic (exact) mass is 554 g/mol. The first-order valence-electron chi connectivity index (χ1n) is 13.9. The third-order valence-corrected chi connectivity index (χ3v) is 7.06. The molecule has 4 aromatic rings. The van der Waals surface area contributed by atoms with Gasteiger partial charge in [0.1, 0.15) is 11.4 Å². The molecule has 2 aliphatic heterocycles. The molecule has 2 fully saturated rings. The van der Waals surface area contributed by atoms with Gasteiger partial charge in [-0.25, -0.2) is 24.4 Å². The van der Waals surface area contributed by atoms with Crippen LogP contribution < -0.4 is 4.90 Å². The number of morpholine rings is 1. The van der Waals surface area contributed by atoms with Crippen molar-refractivity contribution >= 4 is 22.9 Å². The van der Waals surface area contributed by atoms with E-state index >= 15 is 0 Å². The molecule has 0 saturated carbocycles. The smallest absolute Gasteiger partial charge is 0.410 e. The predicted octanol–water partition coefficient (Wildman–Crippen LogP) is 3.33. The highest BCUT2D eigenvalue weighted by molar-refractivity contribution is 5.87. The molecule has 41 heavy (non-hydrogen) atoms. The molecule has 1 amide bonds. The molecular formula is C30H34N8O3. The minimum atomic E-state index is -0.511. The van der Waals surface area contributed by atoms with Crippen LogP contribution in [-0.2, 0) is 23.1 Å². The quantitative estimate of drug-likeness (QED) is 0.354. The second kappa shape index (κ2) is 10.9. The van der Waals surface area contributed by atoms with Crippen LogP contribution in [0.3, 0.4) is 0 Å². The van der Waals surface area contributed by atoms with Gasteiger partial charge in [-0.1, -0.05) is 30.3 Å². The average molecular weight is 555 g/mol. The minimum absolute atomic E-state index is 0.255. The molecule has 0 aliphatic carbocycles. The SMILES string of the molecule is Cn1cc(-c2ccccc2)nc1C#Cc1nc(N2CCOCC2)c2cnn(CC3CN(C(=O)OC(C)(C)C)C3)c2n1. The van der Waals surface area contributed by atoms with Gasteiger partial charge in [-0.3, -0.25) is 0 Å². The summed E-state index contributed by atoms with van der Waals surface area (Å²) in [4.78, 5) is 30.7. The van der Waals surface area contributed by atoms with E-state index in [2.05, 4.69) is 21.8 Å². The molecule has 6 rings (SSSR count). The third-order valence-electron chi connectivity index (χ3n) is 7.06. The molecule has 0 N–H and O–H groups in total. The first-order chi connectivity index (χ1) is 19.7. The van der Waals surface area contributed by atoms with Crippen LogP contribution >= 0.6 is 0 Å². The zero-order valence-corrected chi connectivity index (χ0v) is 23.9. The summed E-state index contributed by atoms with van der Waals surface area (Å²) < 4.78 is 14.9. The average Bonchev–Trinajstić information content (AvgIpc) is 3.51. The lowest BCUT2D eigenvalue weighted by Crippen LogP contribution is -2.52. The number of ether oxygens (including phenoxy) is 2. The Hall–Kier alpha value is -4.43. The van der Waals surface area contributed by atoms with Crippen LogP contribution in [0.1, 0.15) is 32.4 Å². The van der Waals surface area contributed by atoms with E-state index in [0.717, 1.165) is 41.2 Å². The van der Waals surface area contributed by atoms with Crippen molar-refractivity contribution in [2.24, 2.45) is 13.0 Å². The highest BCUT2D eigenvalue weighted by atomic mass is 16.6. The van der Waals surface area contributed by atoms with Crippen LogP contribution in [0.25, 0.3) is 22.3 Å². The Labute approximate surface area is 239 Å². The van der Waals surface area contributed by atoms with E-state index in [0.29, 0.717) is 44.5 Å². The molecule has 3 aromatic heterocycles. The van der Waals surface area contributed by atoms with Crippen LogP contribution in [-0.4, -0.2) is 85.3 Å². The Morgan fingerprint density at radius 3 is 2.56 bits per heavy atom. The summed E-state index contributed by atoms with van der Waals surface area (Å²) in [5, 5.41) is 5.55. The molecule has 0 spiro atoms. The summed E-state index contributed by atoms with van der Waals surface area (Å²) in [5.74, 6) is 8.43. The molecule has 2 saturated heterocycles. The number of amides is 1. The Morgan fingerprint density at radius 1 is 1.07 bits per heavy atom. The lowest BCUT2D eigenvalue weighted by Gasteiger charge is -2.39. The molecule has 0 atom stereocenters. The van der Waals surface area contributed by atoms with Gasteiger partial charge in [0.15, 0.2) is 11.5 Å². The van der Waals surface area contributed by atoms with Gasteiger partial charge in [0.05, 0.1) is 30.5 Å². The highest BCUT2D eigenvalue weighted by Crippen LogP contribution is 2.27. The maximum Gasteiger partial charge on any atom is 0.410 e. The van der Waals surface area contributed by atoms with Crippen LogP contribution in [0, 0.1) is 17.8 Å². The van der Waals surface area contributed by atoms with E-state index in [1.54, 1.807) is 4.90 Å². The number of benzene rings is 1. The third kappa shape index (κ3) is 5.88. The van der Waals surface area contributed by atoms with Crippen LogP contribution in [0.15, 0.2) is 42.7 Å². The summed E-state index contributed by atoms with van der Waals surface area (Å²) in [6.07, 6.45) is 3.52. The van der Waals surface area contributed by atoms with Crippen LogP contribution in [0.5, 0.6) is 0 Å². The molecule has 1 aromatic carbocycles. The number of hydrogen-bond donors (Lipinski definition) is 0. The fourth-order valence-corrected chi connectivity index (χ4v) is 4.99. The molecule has 0 bridgehead atoms. The molecule has 0 radical (unpaired) electrons. The Morgan fingerprint density at radius 2 is 1.83 bits per heavy atom. The van der Waals surface area contributed by atoms with Crippen molar-refractivity contribution in [2.75, 3.05) is 44.3 Å². The first kappa shape index (κ1) is 26.8. The lowest BCUT2D eigenvalue weighted by molar-refractivity contribution is -0.00366. The number of carbonyl (C=O) groups is 1. The van der Waals surface area contributed by atoms with Gasteiger partial charge in [0.25, 0.3) is 0 Å². The Bertz CT molecular complexity index is 1610. The van der Waals surface area contributed by atoms with Crippen molar-refractivity contribution in [1.82, 2.24) is 34.2 Å². The summed E-state index contributed by atoms with van der Waals surface area (Å²) in [7, 11) is 1.93. The van der Waals surface area contributed by atoms with Crippen molar-refractivity contribution in [3.63, 3.8) is 0 Å². The maximum absolute atomic E-state index is 12.4. The number of hydrogen-bond acceptors (Lipinski definition) is 8. The Balaban J connectivity index is 1.27. The van der Waals surface area contributed by atoms with Gasteiger partial charge in [-0.2, -0.15) is 5.10 Å². The van der Waals surface area contributed by atoms with Crippen molar-refractivity contribution in [1.29, 1.82) is 0 Å². The first-order valence-corrected chi connectivity index (χ1v) is 13.9. The van der Waals surface area contributed by atoms with Gasteiger partial charge in [-0.15, -0.1) is 0 Å². The number of imidazole rings is 1. The molecule has 11 heteroatoms. The number of likely N-dealkylation sites (tertiary alicyclic amines) is 1. The molecule has 11 nitrogen and oxygen atoms in total. The molecule has 212 valence electrons.